The van der Waals surface area contributed by atoms with E-state index < -0.39 is 0 Å². The third-order valence-electron chi connectivity index (χ3n) is 2.90. The lowest BCUT2D eigenvalue weighted by Gasteiger charge is -2.21. The van der Waals surface area contributed by atoms with E-state index in [9.17, 15) is 0 Å². The molecule has 0 bridgehead atoms. The molecular formula is C15H25NO3. The van der Waals surface area contributed by atoms with Crippen LogP contribution < -0.4 is 10.1 Å². The second kappa shape index (κ2) is 9.78. The van der Waals surface area contributed by atoms with Gasteiger partial charge in [-0.15, -0.1) is 0 Å². The maximum atomic E-state index is 5.78. The van der Waals surface area contributed by atoms with Crippen LogP contribution in [0.5, 0.6) is 5.75 Å². The highest BCUT2D eigenvalue weighted by atomic mass is 16.5. The summed E-state index contributed by atoms with van der Waals surface area (Å²) < 4.78 is 16.0. The fourth-order valence-electron chi connectivity index (χ4n) is 1.98. The molecule has 0 aliphatic rings. The third-order valence-corrected chi connectivity index (χ3v) is 2.90. The number of benzene rings is 1. The molecule has 1 unspecified atom stereocenters. The van der Waals surface area contributed by atoms with Gasteiger partial charge in [0, 0.05) is 32.4 Å². The van der Waals surface area contributed by atoms with E-state index in [0.717, 1.165) is 25.3 Å². The van der Waals surface area contributed by atoms with E-state index in [-0.39, 0.29) is 6.04 Å². The lowest BCUT2D eigenvalue weighted by Crippen LogP contribution is -2.23. The van der Waals surface area contributed by atoms with E-state index in [1.807, 2.05) is 18.2 Å². The molecule has 1 aromatic rings. The standard InChI is InChI=1S/C15H25NO3/c1-4-16-14(9-10-17-2)13-7-5-6-8-15(13)19-12-11-18-3/h5-8,14,16H,4,9-12H2,1-3H3. The summed E-state index contributed by atoms with van der Waals surface area (Å²) in [4.78, 5) is 0. The number of ether oxygens (including phenoxy) is 3. The fourth-order valence-corrected chi connectivity index (χ4v) is 1.98. The summed E-state index contributed by atoms with van der Waals surface area (Å²) in [5, 5.41) is 3.47. The van der Waals surface area contributed by atoms with Crippen molar-refractivity contribution in [2.45, 2.75) is 19.4 Å². The molecule has 4 heteroatoms. The summed E-state index contributed by atoms with van der Waals surface area (Å²) in [5.74, 6) is 0.918. The minimum Gasteiger partial charge on any atom is -0.491 e. The van der Waals surface area contributed by atoms with Crippen molar-refractivity contribution in [1.29, 1.82) is 0 Å². The van der Waals surface area contributed by atoms with Crippen molar-refractivity contribution in [2.75, 3.05) is 40.6 Å². The fraction of sp³-hybridized carbons (Fsp3) is 0.600. The average Bonchev–Trinajstić information content (AvgIpc) is 2.44. The van der Waals surface area contributed by atoms with Crippen LogP contribution in [-0.4, -0.2) is 40.6 Å². The summed E-state index contributed by atoms with van der Waals surface area (Å²) in [6, 6.07) is 8.39. The lowest BCUT2D eigenvalue weighted by atomic mass is 10.0. The molecule has 19 heavy (non-hydrogen) atoms. The van der Waals surface area contributed by atoms with Gasteiger partial charge < -0.3 is 19.5 Å². The Morgan fingerprint density at radius 2 is 1.79 bits per heavy atom. The van der Waals surface area contributed by atoms with Crippen LogP contribution in [-0.2, 0) is 9.47 Å². The monoisotopic (exact) mass is 267 g/mol. The highest BCUT2D eigenvalue weighted by Gasteiger charge is 2.14. The largest absolute Gasteiger partial charge is 0.491 e. The van der Waals surface area contributed by atoms with Crippen LogP contribution in [0.3, 0.4) is 0 Å². The predicted molar refractivity (Wildman–Crippen MR) is 76.7 cm³/mol. The Morgan fingerprint density at radius 3 is 2.47 bits per heavy atom. The van der Waals surface area contributed by atoms with E-state index in [2.05, 4.69) is 18.3 Å². The SMILES string of the molecule is CCNC(CCOC)c1ccccc1OCCOC. The van der Waals surface area contributed by atoms with E-state index >= 15 is 0 Å². The number of nitrogens with one attached hydrogen (secondary N) is 1. The average molecular weight is 267 g/mol. The molecule has 1 aromatic carbocycles. The van der Waals surface area contributed by atoms with Crippen LogP contribution in [0.15, 0.2) is 24.3 Å². The molecular weight excluding hydrogens is 242 g/mol. The van der Waals surface area contributed by atoms with Gasteiger partial charge in [0.2, 0.25) is 0 Å². The van der Waals surface area contributed by atoms with Crippen LogP contribution in [0.2, 0.25) is 0 Å². The molecule has 0 aliphatic heterocycles. The Morgan fingerprint density at radius 1 is 1.05 bits per heavy atom. The van der Waals surface area contributed by atoms with Gasteiger partial charge in [-0.25, -0.2) is 0 Å². The van der Waals surface area contributed by atoms with Gasteiger partial charge in [0.1, 0.15) is 12.4 Å². The number of hydrogen-bond donors (Lipinski definition) is 1. The highest BCUT2D eigenvalue weighted by Crippen LogP contribution is 2.27. The smallest absolute Gasteiger partial charge is 0.124 e. The zero-order chi connectivity index (χ0) is 13.9. The zero-order valence-corrected chi connectivity index (χ0v) is 12.1. The van der Waals surface area contributed by atoms with Gasteiger partial charge >= 0.3 is 0 Å². The topological polar surface area (TPSA) is 39.7 Å². The van der Waals surface area contributed by atoms with Gasteiger partial charge in [0.05, 0.1) is 6.61 Å². The zero-order valence-electron chi connectivity index (χ0n) is 12.1. The summed E-state index contributed by atoms with van der Waals surface area (Å²) in [6.07, 6.45) is 0.926. The van der Waals surface area contributed by atoms with Gasteiger partial charge in [-0.2, -0.15) is 0 Å². The summed E-state index contributed by atoms with van der Waals surface area (Å²) in [7, 11) is 3.40. The number of methoxy groups -OCH3 is 2. The quantitative estimate of drug-likeness (QED) is 0.661. The van der Waals surface area contributed by atoms with Crippen molar-refractivity contribution in [1.82, 2.24) is 5.32 Å². The molecule has 0 fully saturated rings. The Bertz CT molecular complexity index is 344. The molecule has 0 saturated heterocycles. The molecule has 0 spiro atoms. The van der Waals surface area contributed by atoms with Crippen LogP contribution in [0, 0.1) is 0 Å². The van der Waals surface area contributed by atoms with Gasteiger partial charge in [-0.3, -0.25) is 0 Å². The molecule has 0 heterocycles. The van der Waals surface area contributed by atoms with Crippen molar-refractivity contribution in [2.24, 2.45) is 0 Å². The van der Waals surface area contributed by atoms with Gasteiger partial charge in [0.25, 0.3) is 0 Å². The Labute approximate surface area is 116 Å². The van der Waals surface area contributed by atoms with Crippen LogP contribution in [0.25, 0.3) is 0 Å². The molecule has 4 nitrogen and oxygen atoms in total. The number of hydrogen-bond acceptors (Lipinski definition) is 4. The number of rotatable bonds is 10. The molecule has 0 amide bonds. The van der Waals surface area contributed by atoms with E-state index in [1.165, 1.54) is 5.56 Å². The van der Waals surface area contributed by atoms with Crippen LogP contribution in [0.4, 0.5) is 0 Å². The molecule has 0 radical (unpaired) electrons. The van der Waals surface area contributed by atoms with Crippen molar-refractivity contribution < 1.29 is 14.2 Å². The molecule has 1 rings (SSSR count). The molecule has 1 atom stereocenters. The molecule has 108 valence electrons. The maximum absolute atomic E-state index is 5.78. The summed E-state index contributed by atoms with van der Waals surface area (Å²) >= 11 is 0. The normalized spacial score (nSPS) is 12.4. The predicted octanol–water partition coefficient (Wildman–Crippen LogP) is 2.40. The van der Waals surface area contributed by atoms with E-state index in [4.69, 9.17) is 14.2 Å². The first-order valence-electron chi connectivity index (χ1n) is 6.76. The minimum absolute atomic E-state index is 0.253. The highest BCUT2D eigenvalue weighted by molar-refractivity contribution is 5.36. The van der Waals surface area contributed by atoms with E-state index in [1.54, 1.807) is 14.2 Å². The lowest BCUT2D eigenvalue weighted by molar-refractivity contribution is 0.144. The third kappa shape index (κ3) is 5.59. The molecule has 0 aliphatic carbocycles. The second-order valence-corrected chi connectivity index (χ2v) is 4.27. The van der Waals surface area contributed by atoms with Crippen molar-refractivity contribution in [3.05, 3.63) is 29.8 Å². The number of para-hydroxylation sites is 1. The molecule has 1 N–H and O–H groups in total. The van der Waals surface area contributed by atoms with Gasteiger partial charge in [-0.1, -0.05) is 25.1 Å². The minimum atomic E-state index is 0.253. The van der Waals surface area contributed by atoms with E-state index in [0.29, 0.717) is 13.2 Å². The van der Waals surface area contributed by atoms with Crippen molar-refractivity contribution >= 4 is 0 Å². The van der Waals surface area contributed by atoms with Crippen molar-refractivity contribution in [3.8, 4) is 5.75 Å². The van der Waals surface area contributed by atoms with Gasteiger partial charge in [-0.05, 0) is 19.0 Å². The first-order valence-corrected chi connectivity index (χ1v) is 6.76. The van der Waals surface area contributed by atoms with Gasteiger partial charge in [0.15, 0.2) is 0 Å². The van der Waals surface area contributed by atoms with Crippen LogP contribution >= 0.6 is 0 Å². The first kappa shape index (κ1) is 16.0. The van der Waals surface area contributed by atoms with Crippen LogP contribution in [0.1, 0.15) is 24.9 Å². The Balaban J connectivity index is 2.75. The first-order chi connectivity index (χ1) is 9.33. The maximum Gasteiger partial charge on any atom is 0.124 e. The second-order valence-electron chi connectivity index (χ2n) is 4.27. The summed E-state index contributed by atoms with van der Waals surface area (Å²) in [5.41, 5.74) is 1.18. The molecule has 0 aromatic heterocycles. The Hall–Kier alpha value is -1.10. The van der Waals surface area contributed by atoms with Crippen molar-refractivity contribution in [3.63, 3.8) is 0 Å². The summed E-state index contributed by atoms with van der Waals surface area (Å²) in [6.45, 7) is 4.91. The molecule has 0 saturated carbocycles. The Kier molecular flexibility index (Phi) is 8.21.